The molecular formula is C21H22ClF2N5O4S. The molecule has 4 rings (SSSR count). The number of fused-ring (bicyclic) bond motifs is 1. The molecule has 0 aromatic carbocycles. The fourth-order valence-electron chi connectivity index (χ4n) is 3.46. The minimum absolute atomic E-state index is 0.0151. The number of nitrogens with zero attached hydrogens (tertiary/aromatic N) is 4. The second-order valence-electron chi connectivity index (χ2n) is 8.11. The Hall–Kier alpha value is -2.86. The minimum Gasteiger partial charge on any atom is -0.482 e. The maximum atomic E-state index is 12.8. The number of carbonyl (C=O) groups excluding carboxylic acids is 1. The quantitative estimate of drug-likeness (QED) is 0.514. The van der Waals surface area contributed by atoms with Crippen molar-refractivity contribution in [3.05, 3.63) is 40.9 Å². The number of rotatable bonds is 7. The average Bonchev–Trinajstić information content (AvgIpc) is 3.23. The molecule has 1 N–H and O–H groups in total. The van der Waals surface area contributed by atoms with E-state index in [2.05, 4.69) is 20.4 Å². The molecule has 1 aliphatic rings. The van der Waals surface area contributed by atoms with Crippen LogP contribution in [0.25, 0.3) is 5.65 Å². The van der Waals surface area contributed by atoms with Gasteiger partial charge in [0.1, 0.15) is 6.61 Å². The molecule has 13 heteroatoms. The van der Waals surface area contributed by atoms with Crippen LogP contribution in [0.1, 0.15) is 36.1 Å². The van der Waals surface area contributed by atoms with Crippen molar-refractivity contribution < 1.29 is 27.3 Å². The number of hydrogen-bond acceptors (Lipinski definition) is 7. The topological polar surface area (TPSA) is 108 Å². The molecule has 1 fully saturated rings. The largest absolute Gasteiger partial charge is 0.482 e. The van der Waals surface area contributed by atoms with E-state index in [9.17, 15) is 17.8 Å². The van der Waals surface area contributed by atoms with E-state index in [1.807, 2.05) is 6.92 Å². The highest BCUT2D eigenvalue weighted by Crippen LogP contribution is 2.33. The Labute approximate surface area is 201 Å². The van der Waals surface area contributed by atoms with E-state index in [-0.39, 0.29) is 22.5 Å². The average molecular weight is 514 g/mol. The molecule has 9 nitrogen and oxygen atoms in total. The lowest BCUT2D eigenvalue weighted by atomic mass is 9.95. The summed E-state index contributed by atoms with van der Waals surface area (Å²) in [5.41, 5.74) is 0.448. The molecular weight excluding hydrogens is 492 g/mol. The number of aromatic nitrogens is 4. The summed E-state index contributed by atoms with van der Waals surface area (Å²) in [5, 5.41) is 7.47. The Balaban J connectivity index is 1.56. The van der Waals surface area contributed by atoms with Crippen LogP contribution in [0.4, 0.5) is 8.78 Å². The van der Waals surface area contributed by atoms with E-state index >= 15 is 0 Å². The van der Waals surface area contributed by atoms with Gasteiger partial charge < -0.3 is 14.8 Å². The normalized spacial score (nSPS) is 20.5. The molecule has 4 heterocycles. The highest BCUT2D eigenvalue weighted by Gasteiger charge is 2.32. The predicted octanol–water partition coefficient (Wildman–Crippen LogP) is 3.55. The maximum absolute atomic E-state index is 12.8. The van der Waals surface area contributed by atoms with Crippen LogP contribution in [0, 0.1) is 6.92 Å². The molecule has 3 aromatic heterocycles. The van der Waals surface area contributed by atoms with Crippen LogP contribution >= 0.6 is 11.6 Å². The van der Waals surface area contributed by atoms with Gasteiger partial charge in [-0.2, -0.15) is 0 Å². The van der Waals surface area contributed by atoms with Gasteiger partial charge in [0.15, 0.2) is 17.1 Å². The molecule has 0 unspecified atom stereocenters. The monoisotopic (exact) mass is 513 g/mol. The van der Waals surface area contributed by atoms with Crippen molar-refractivity contribution >= 4 is 34.0 Å². The van der Waals surface area contributed by atoms with Gasteiger partial charge in [-0.05, 0) is 38.8 Å². The lowest BCUT2D eigenvalue weighted by Crippen LogP contribution is -2.50. The zero-order chi connectivity index (χ0) is 24.5. The number of amides is 1. The van der Waals surface area contributed by atoms with Gasteiger partial charge in [-0.3, -0.25) is 9.00 Å². The number of alkyl halides is 2. The van der Waals surface area contributed by atoms with Gasteiger partial charge in [-0.25, -0.2) is 23.3 Å². The zero-order valence-corrected chi connectivity index (χ0v) is 20.0. The van der Waals surface area contributed by atoms with Crippen LogP contribution in [0.5, 0.6) is 17.4 Å². The van der Waals surface area contributed by atoms with Gasteiger partial charge in [-0.1, -0.05) is 11.6 Å². The molecule has 1 saturated heterocycles. The molecule has 0 saturated carbocycles. The van der Waals surface area contributed by atoms with Gasteiger partial charge >= 0.3 is 0 Å². The van der Waals surface area contributed by atoms with E-state index in [0.29, 0.717) is 41.4 Å². The van der Waals surface area contributed by atoms with Crippen LogP contribution in [-0.4, -0.2) is 59.8 Å². The summed E-state index contributed by atoms with van der Waals surface area (Å²) >= 11 is 5.90. The first-order valence-corrected chi connectivity index (χ1v) is 12.3. The smallest absolute Gasteiger partial charge is 0.291 e. The van der Waals surface area contributed by atoms with Crippen LogP contribution < -0.4 is 14.8 Å². The number of halogens is 3. The van der Waals surface area contributed by atoms with Gasteiger partial charge in [0.2, 0.25) is 5.82 Å². The van der Waals surface area contributed by atoms with Gasteiger partial charge in [0.25, 0.3) is 18.2 Å². The van der Waals surface area contributed by atoms with Crippen molar-refractivity contribution in [1.29, 1.82) is 0 Å². The lowest BCUT2D eigenvalue weighted by Gasteiger charge is -2.33. The minimum atomic E-state index is -2.68. The third kappa shape index (κ3) is 5.44. The first-order chi connectivity index (χ1) is 16.1. The van der Waals surface area contributed by atoms with Crippen molar-refractivity contribution in [3.63, 3.8) is 0 Å². The maximum Gasteiger partial charge on any atom is 0.291 e. The van der Waals surface area contributed by atoms with Crippen molar-refractivity contribution in [2.24, 2.45) is 0 Å². The van der Waals surface area contributed by atoms with E-state index in [1.54, 1.807) is 19.1 Å². The first-order valence-electron chi connectivity index (χ1n) is 10.4. The Bertz CT molecular complexity index is 1250. The molecule has 3 aromatic rings. The predicted molar refractivity (Wildman–Crippen MR) is 122 cm³/mol. The SMILES string of the molecule is Cc1c(Oc2ncc(Cl)cc2OCC(F)F)ccc2nc(C(=O)NC3(C)CCS(=O)CC3)nn12. The number of pyridine rings is 2. The summed E-state index contributed by atoms with van der Waals surface area (Å²) in [6.45, 7) is 2.78. The van der Waals surface area contributed by atoms with Crippen molar-refractivity contribution in [2.75, 3.05) is 18.1 Å². The first kappa shape index (κ1) is 24.3. The number of aryl methyl sites for hydroxylation is 1. The molecule has 0 aliphatic carbocycles. The van der Waals surface area contributed by atoms with Gasteiger partial charge in [0.05, 0.1) is 10.7 Å². The fraction of sp³-hybridized carbons (Fsp3) is 0.429. The highest BCUT2D eigenvalue weighted by atomic mass is 35.5. The summed E-state index contributed by atoms with van der Waals surface area (Å²) in [7, 11) is -0.847. The molecule has 0 atom stereocenters. The number of hydrogen-bond donors (Lipinski definition) is 1. The van der Waals surface area contributed by atoms with Crippen molar-refractivity contribution in [3.8, 4) is 17.4 Å². The van der Waals surface area contributed by atoms with Crippen LogP contribution in [-0.2, 0) is 10.8 Å². The summed E-state index contributed by atoms with van der Waals surface area (Å²) in [5.74, 6) is 0.860. The zero-order valence-electron chi connectivity index (χ0n) is 18.4. The second-order valence-corrected chi connectivity index (χ2v) is 10.2. The lowest BCUT2D eigenvalue weighted by molar-refractivity contribution is 0.0804. The van der Waals surface area contributed by atoms with E-state index < -0.39 is 35.3 Å². The summed E-state index contributed by atoms with van der Waals surface area (Å²) < 4.78 is 49.1. The summed E-state index contributed by atoms with van der Waals surface area (Å²) in [4.78, 5) is 21.1. The van der Waals surface area contributed by atoms with Gasteiger partial charge in [-0.15, -0.1) is 5.10 Å². The van der Waals surface area contributed by atoms with Crippen LogP contribution in [0.15, 0.2) is 24.4 Å². The number of ether oxygens (including phenoxy) is 2. The van der Waals surface area contributed by atoms with E-state index in [1.165, 1.54) is 16.8 Å². The summed E-state index contributed by atoms with van der Waals surface area (Å²) in [6.07, 6.45) is -0.151. The molecule has 0 spiro atoms. The Morgan fingerprint density at radius 1 is 1.32 bits per heavy atom. The molecule has 1 amide bonds. The Kier molecular flexibility index (Phi) is 6.99. The second kappa shape index (κ2) is 9.79. The molecule has 182 valence electrons. The fourth-order valence-corrected chi connectivity index (χ4v) is 5.17. The van der Waals surface area contributed by atoms with E-state index in [0.717, 1.165) is 0 Å². The number of carbonyl (C=O) groups is 1. The van der Waals surface area contributed by atoms with Crippen LogP contribution in [0.2, 0.25) is 5.02 Å². The highest BCUT2D eigenvalue weighted by molar-refractivity contribution is 7.85. The van der Waals surface area contributed by atoms with Crippen LogP contribution in [0.3, 0.4) is 0 Å². The number of nitrogens with one attached hydrogen (secondary N) is 1. The molecule has 0 bridgehead atoms. The molecule has 34 heavy (non-hydrogen) atoms. The van der Waals surface area contributed by atoms with E-state index in [4.69, 9.17) is 21.1 Å². The van der Waals surface area contributed by atoms with Crippen molar-refractivity contribution in [2.45, 2.75) is 38.7 Å². The van der Waals surface area contributed by atoms with Crippen molar-refractivity contribution in [1.82, 2.24) is 24.9 Å². The molecule has 0 radical (unpaired) electrons. The Morgan fingerprint density at radius 3 is 2.76 bits per heavy atom. The van der Waals surface area contributed by atoms with Gasteiger partial charge in [0, 0.05) is 40.1 Å². The standard InChI is InChI=1S/C21H22ClF2N5O4S/c1-12-14(33-20-15(32-11-16(23)24)9-13(22)10-25-20)3-4-17-26-18(28-29(12)17)19(30)27-21(2)5-7-34(31)8-6-21/h3-4,9-10,16H,5-8,11H2,1-2H3,(H,27,30). The molecule has 1 aliphatic heterocycles. The summed E-state index contributed by atoms with van der Waals surface area (Å²) in [6, 6.07) is 4.54. The Morgan fingerprint density at radius 2 is 2.06 bits per heavy atom. The third-order valence-corrected chi connectivity index (χ3v) is 6.95. The third-order valence-electron chi connectivity index (χ3n) is 5.43.